The molecule has 23 heavy (non-hydrogen) atoms. The SMILES string of the molecule is CC1CCN(C(=O)CNC(=O)c2ccc(Cl)c(Cl)c2)C(CN)C1. The van der Waals surface area contributed by atoms with Crippen LogP contribution in [0.5, 0.6) is 0 Å². The summed E-state index contributed by atoms with van der Waals surface area (Å²) in [4.78, 5) is 26.2. The zero-order chi connectivity index (χ0) is 17.0. The molecule has 0 saturated carbocycles. The molecule has 1 fully saturated rings. The second-order valence-electron chi connectivity index (χ2n) is 5.92. The summed E-state index contributed by atoms with van der Waals surface area (Å²) in [5, 5.41) is 3.31. The molecular formula is C16H21Cl2N3O2. The Labute approximate surface area is 146 Å². The first kappa shape index (κ1) is 18.0. The molecular weight excluding hydrogens is 337 g/mol. The zero-order valence-corrected chi connectivity index (χ0v) is 14.5. The van der Waals surface area contributed by atoms with Gasteiger partial charge in [0.15, 0.2) is 0 Å². The van der Waals surface area contributed by atoms with Crippen molar-refractivity contribution in [2.45, 2.75) is 25.8 Å². The maximum absolute atomic E-state index is 12.3. The number of likely N-dealkylation sites (tertiary alicyclic amines) is 1. The van der Waals surface area contributed by atoms with E-state index in [9.17, 15) is 9.59 Å². The summed E-state index contributed by atoms with van der Waals surface area (Å²) in [6.45, 7) is 3.24. The topological polar surface area (TPSA) is 75.4 Å². The van der Waals surface area contributed by atoms with Crippen LogP contribution in [0.3, 0.4) is 0 Å². The van der Waals surface area contributed by atoms with E-state index in [1.807, 2.05) is 0 Å². The third-order valence-corrected chi connectivity index (χ3v) is 4.89. The van der Waals surface area contributed by atoms with E-state index in [1.54, 1.807) is 17.0 Å². The Morgan fingerprint density at radius 3 is 2.74 bits per heavy atom. The molecule has 0 aromatic heterocycles. The van der Waals surface area contributed by atoms with E-state index in [1.165, 1.54) is 6.07 Å². The predicted molar refractivity (Wildman–Crippen MR) is 91.7 cm³/mol. The van der Waals surface area contributed by atoms with Gasteiger partial charge in [0.05, 0.1) is 16.6 Å². The van der Waals surface area contributed by atoms with Crippen LogP contribution in [-0.4, -0.2) is 42.4 Å². The van der Waals surface area contributed by atoms with Gasteiger partial charge in [-0.15, -0.1) is 0 Å². The summed E-state index contributed by atoms with van der Waals surface area (Å²) in [5.41, 5.74) is 6.13. The summed E-state index contributed by atoms with van der Waals surface area (Å²) >= 11 is 11.7. The Bertz CT molecular complexity index is 595. The average Bonchev–Trinajstić information content (AvgIpc) is 2.54. The maximum Gasteiger partial charge on any atom is 0.251 e. The number of halogens is 2. The number of hydrogen-bond acceptors (Lipinski definition) is 3. The number of rotatable bonds is 4. The smallest absolute Gasteiger partial charge is 0.251 e. The van der Waals surface area contributed by atoms with Crippen LogP contribution in [0.4, 0.5) is 0 Å². The molecule has 1 aromatic rings. The lowest BCUT2D eigenvalue weighted by atomic mass is 9.92. The van der Waals surface area contributed by atoms with Gasteiger partial charge in [-0.3, -0.25) is 9.59 Å². The van der Waals surface area contributed by atoms with Crippen LogP contribution in [0.25, 0.3) is 0 Å². The molecule has 5 nitrogen and oxygen atoms in total. The van der Waals surface area contributed by atoms with Gasteiger partial charge >= 0.3 is 0 Å². The highest BCUT2D eigenvalue weighted by Gasteiger charge is 2.28. The van der Waals surface area contributed by atoms with E-state index in [-0.39, 0.29) is 24.4 Å². The second kappa shape index (κ2) is 7.99. The van der Waals surface area contributed by atoms with Crippen molar-refractivity contribution < 1.29 is 9.59 Å². The molecule has 2 rings (SSSR count). The van der Waals surface area contributed by atoms with Crippen molar-refractivity contribution >= 4 is 35.0 Å². The lowest BCUT2D eigenvalue weighted by Crippen LogP contribution is -2.52. The van der Waals surface area contributed by atoms with Gasteiger partial charge in [-0.2, -0.15) is 0 Å². The number of nitrogens with one attached hydrogen (secondary N) is 1. The molecule has 1 aliphatic rings. The van der Waals surface area contributed by atoms with Gasteiger partial charge in [0.2, 0.25) is 5.91 Å². The van der Waals surface area contributed by atoms with Crippen molar-refractivity contribution in [2.75, 3.05) is 19.6 Å². The van der Waals surface area contributed by atoms with Gasteiger partial charge in [0.25, 0.3) is 5.91 Å². The monoisotopic (exact) mass is 357 g/mol. The fraction of sp³-hybridized carbons (Fsp3) is 0.500. The molecule has 2 amide bonds. The molecule has 1 saturated heterocycles. The quantitative estimate of drug-likeness (QED) is 0.867. The van der Waals surface area contributed by atoms with Crippen molar-refractivity contribution in [3.8, 4) is 0 Å². The van der Waals surface area contributed by atoms with E-state index in [2.05, 4.69) is 12.2 Å². The zero-order valence-electron chi connectivity index (χ0n) is 13.0. The number of amides is 2. The Hall–Kier alpha value is -1.30. The highest BCUT2D eigenvalue weighted by molar-refractivity contribution is 6.42. The van der Waals surface area contributed by atoms with Crippen LogP contribution in [0.1, 0.15) is 30.1 Å². The molecule has 0 radical (unpaired) electrons. The average molecular weight is 358 g/mol. The van der Waals surface area contributed by atoms with E-state index in [0.29, 0.717) is 34.6 Å². The van der Waals surface area contributed by atoms with Crippen molar-refractivity contribution in [2.24, 2.45) is 11.7 Å². The standard InChI is InChI=1S/C16H21Cl2N3O2/c1-10-4-5-21(12(6-10)8-19)15(22)9-20-16(23)11-2-3-13(17)14(18)7-11/h2-3,7,10,12H,4-6,8-9,19H2,1H3,(H,20,23). The minimum absolute atomic E-state index is 0.0492. The maximum atomic E-state index is 12.3. The highest BCUT2D eigenvalue weighted by atomic mass is 35.5. The fourth-order valence-electron chi connectivity index (χ4n) is 2.80. The third kappa shape index (κ3) is 4.59. The van der Waals surface area contributed by atoms with E-state index in [0.717, 1.165) is 12.8 Å². The van der Waals surface area contributed by atoms with Gasteiger partial charge < -0.3 is 16.0 Å². The van der Waals surface area contributed by atoms with Gasteiger partial charge in [-0.05, 0) is 37.0 Å². The number of piperidine rings is 1. The first-order valence-corrected chi connectivity index (χ1v) is 8.40. The van der Waals surface area contributed by atoms with E-state index in [4.69, 9.17) is 28.9 Å². The van der Waals surface area contributed by atoms with Crippen LogP contribution >= 0.6 is 23.2 Å². The molecule has 2 unspecified atom stereocenters. The van der Waals surface area contributed by atoms with Gasteiger partial charge in [0.1, 0.15) is 0 Å². The van der Waals surface area contributed by atoms with Crippen molar-refractivity contribution in [1.29, 1.82) is 0 Å². The molecule has 126 valence electrons. The highest BCUT2D eigenvalue weighted by Crippen LogP contribution is 2.23. The number of hydrogen-bond donors (Lipinski definition) is 2. The largest absolute Gasteiger partial charge is 0.343 e. The van der Waals surface area contributed by atoms with Gasteiger partial charge in [0, 0.05) is 24.7 Å². The first-order valence-electron chi connectivity index (χ1n) is 7.65. The first-order chi connectivity index (χ1) is 10.9. The van der Waals surface area contributed by atoms with Crippen LogP contribution in [0.15, 0.2) is 18.2 Å². The summed E-state index contributed by atoms with van der Waals surface area (Å²) in [6, 6.07) is 4.65. The fourth-order valence-corrected chi connectivity index (χ4v) is 3.10. The number of benzene rings is 1. The van der Waals surface area contributed by atoms with Crippen LogP contribution < -0.4 is 11.1 Å². The molecule has 0 aliphatic carbocycles. The molecule has 0 spiro atoms. The number of nitrogens with zero attached hydrogens (tertiary/aromatic N) is 1. The van der Waals surface area contributed by atoms with Crippen LogP contribution in [0, 0.1) is 5.92 Å². The van der Waals surface area contributed by atoms with Crippen molar-refractivity contribution in [3.05, 3.63) is 33.8 Å². The Balaban J connectivity index is 1.92. The summed E-state index contributed by atoms with van der Waals surface area (Å²) in [6.07, 6.45) is 1.87. The number of carbonyl (C=O) groups is 2. The van der Waals surface area contributed by atoms with Crippen molar-refractivity contribution in [1.82, 2.24) is 10.2 Å². The Kier molecular flexibility index (Phi) is 6.27. The molecule has 1 aliphatic heterocycles. The molecule has 2 atom stereocenters. The third-order valence-electron chi connectivity index (χ3n) is 4.15. The normalized spacial score (nSPS) is 21.1. The molecule has 0 bridgehead atoms. The molecule has 3 N–H and O–H groups in total. The van der Waals surface area contributed by atoms with E-state index < -0.39 is 0 Å². The minimum atomic E-state index is -0.355. The van der Waals surface area contributed by atoms with Crippen molar-refractivity contribution in [3.63, 3.8) is 0 Å². The minimum Gasteiger partial charge on any atom is -0.343 e. The lowest BCUT2D eigenvalue weighted by molar-refractivity contribution is -0.134. The lowest BCUT2D eigenvalue weighted by Gasteiger charge is -2.38. The second-order valence-corrected chi connectivity index (χ2v) is 6.73. The van der Waals surface area contributed by atoms with E-state index >= 15 is 0 Å². The van der Waals surface area contributed by atoms with Crippen LogP contribution in [0.2, 0.25) is 10.0 Å². The molecule has 1 aromatic carbocycles. The number of carbonyl (C=O) groups excluding carboxylic acids is 2. The summed E-state index contributed by atoms with van der Waals surface area (Å²) in [7, 11) is 0. The molecule has 7 heteroatoms. The predicted octanol–water partition coefficient (Wildman–Crippen LogP) is 2.31. The Morgan fingerprint density at radius 2 is 2.09 bits per heavy atom. The number of nitrogens with two attached hydrogens (primary N) is 1. The Morgan fingerprint density at radius 1 is 1.35 bits per heavy atom. The van der Waals surface area contributed by atoms with Crippen LogP contribution in [-0.2, 0) is 4.79 Å². The summed E-state index contributed by atoms with van der Waals surface area (Å²) < 4.78 is 0. The summed E-state index contributed by atoms with van der Waals surface area (Å²) in [5.74, 6) is 0.103. The van der Waals surface area contributed by atoms with Gasteiger partial charge in [-0.1, -0.05) is 30.1 Å². The molecule has 1 heterocycles. The van der Waals surface area contributed by atoms with Gasteiger partial charge in [-0.25, -0.2) is 0 Å².